The van der Waals surface area contributed by atoms with E-state index < -0.39 is 0 Å². The summed E-state index contributed by atoms with van der Waals surface area (Å²) in [5, 5.41) is 7.45. The lowest BCUT2D eigenvalue weighted by Crippen LogP contribution is -2.26. The van der Waals surface area contributed by atoms with E-state index in [2.05, 4.69) is 15.4 Å². The lowest BCUT2D eigenvalue weighted by molar-refractivity contribution is 0.475. The average molecular weight is 152 g/mol. The molecule has 2 heterocycles. The molecule has 60 valence electrons. The van der Waals surface area contributed by atoms with Crippen LogP contribution < -0.4 is 5.32 Å². The smallest absolute Gasteiger partial charge is 0.137 e. The Morgan fingerprint density at radius 1 is 1.64 bits per heavy atom. The van der Waals surface area contributed by atoms with E-state index in [1.54, 1.807) is 12.7 Å². The summed E-state index contributed by atoms with van der Waals surface area (Å²) in [6, 6.07) is 0.608. The van der Waals surface area contributed by atoms with E-state index in [0.29, 0.717) is 6.04 Å². The number of nitrogens with one attached hydrogen (secondary N) is 1. The monoisotopic (exact) mass is 152 g/mol. The first-order valence-corrected chi connectivity index (χ1v) is 4.01. The first kappa shape index (κ1) is 6.79. The van der Waals surface area contributed by atoms with Crippen molar-refractivity contribution in [3.8, 4) is 0 Å². The Morgan fingerprint density at radius 3 is 3.27 bits per heavy atom. The molecule has 4 heteroatoms. The van der Waals surface area contributed by atoms with Crippen LogP contribution in [-0.2, 0) is 6.54 Å². The molecule has 0 amide bonds. The maximum Gasteiger partial charge on any atom is 0.137 e. The highest BCUT2D eigenvalue weighted by molar-refractivity contribution is 4.74. The highest BCUT2D eigenvalue weighted by atomic mass is 15.3. The summed E-state index contributed by atoms with van der Waals surface area (Å²) in [6.07, 6.45) is 5.90. The van der Waals surface area contributed by atoms with Gasteiger partial charge >= 0.3 is 0 Å². The van der Waals surface area contributed by atoms with Crippen LogP contribution in [0.25, 0.3) is 0 Å². The third-order valence-corrected chi connectivity index (χ3v) is 2.04. The van der Waals surface area contributed by atoms with Crippen LogP contribution in [0.2, 0.25) is 0 Å². The van der Waals surface area contributed by atoms with Gasteiger partial charge < -0.3 is 5.32 Å². The molecule has 1 aliphatic rings. The van der Waals surface area contributed by atoms with Gasteiger partial charge in [0, 0.05) is 6.04 Å². The molecule has 1 aromatic heterocycles. The van der Waals surface area contributed by atoms with E-state index in [1.165, 1.54) is 12.8 Å². The van der Waals surface area contributed by atoms with Gasteiger partial charge in [0.2, 0.25) is 0 Å². The molecule has 0 unspecified atom stereocenters. The van der Waals surface area contributed by atoms with Gasteiger partial charge in [-0.3, -0.25) is 4.68 Å². The molecule has 0 radical (unpaired) electrons. The normalized spacial score (nSPS) is 24.2. The zero-order valence-electron chi connectivity index (χ0n) is 6.40. The molecule has 0 aromatic carbocycles. The second kappa shape index (κ2) is 3.00. The lowest BCUT2D eigenvalue weighted by Gasteiger charge is -2.08. The van der Waals surface area contributed by atoms with Crippen molar-refractivity contribution in [3.05, 3.63) is 12.7 Å². The summed E-state index contributed by atoms with van der Waals surface area (Å²) >= 11 is 0. The molecule has 0 aliphatic carbocycles. The van der Waals surface area contributed by atoms with Gasteiger partial charge in [-0.05, 0) is 19.4 Å². The van der Waals surface area contributed by atoms with Crippen LogP contribution in [0.5, 0.6) is 0 Å². The summed E-state index contributed by atoms with van der Waals surface area (Å²) in [7, 11) is 0. The van der Waals surface area contributed by atoms with Gasteiger partial charge in [0.1, 0.15) is 12.7 Å². The molecule has 1 saturated heterocycles. The minimum absolute atomic E-state index is 0.608. The number of hydrogen-bond acceptors (Lipinski definition) is 3. The number of nitrogens with zero attached hydrogens (tertiary/aromatic N) is 3. The number of rotatable bonds is 2. The maximum absolute atomic E-state index is 4.05. The highest BCUT2D eigenvalue weighted by Crippen LogP contribution is 2.05. The van der Waals surface area contributed by atoms with Crippen molar-refractivity contribution in [1.29, 1.82) is 0 Å². The topological polar surface area (TPSA) is 42.7 Å². The van der Waals surface area contributed by atoms with E-state index in [1.807, 2.05) is 4.68 Å². The molecule has 0 spiro atoms. The van der Waals surface area contributed by atoms with Crippen LogP contribution in [0.4, 0.5) is 0 Å². The zero-order chi connectivity index (χ0) is 7.52. The quantitative estimate of drug-likeness (QED) is 0.650. The standard InChI is InChI=1S/C7H12N4/c1-2-7(9-3-1)4-11-6-8-5-10-11/h5-7,9H,1-4H2/t7-/m0/s1. The fourth-order valence-corrected chi connectivity index (χ4v) is 1.47. The molecule has 0 bridgehead atoms. The molecule has 2 rings (SSSR count). The number of aromatic nitrogens is 3. The summed E-state index contributed by atoms with van der Waals surface area (Å²) in [4.78, 5) is 3.89. The van der Waals surface area contributed by atoms with Gasteiger partial charge in [0.25, 0.3) is 0 Å². The van der Waals surface area contributed by atoms with E-state index in [4.69, 9.17) is 0 Å². The van der Waals surface area contributed by atoms with Gasteiger partial charge in [0.15, 0.2) is 0 Å². The Balaban J connectivity index is 1.90. The molecule has 1 fully saturated rings. The third kappa shape index (κ3) is 1.57. The Bertz CT molecular complexity index is 200. The fourth-order valence-electron chi connectivity index (χ4n) is 1.47. The van der Waals surface area contributed by atoms with E-state index in [9.17, 15) is 0 Å². The van der Waals surface area contributed by atoms with Gasteiger partial charge in [0.05, 0.1) is 6.54 Å². The predicted octanol–water partition coefficient (Wildman–Crippen LogP) is 0.0301. The largest absolute Gasteiger partial charge is 0.312 e. The first-order valence-electron chi connectivity index (χ1n) is 4.01. The minimum atomic E-state index is 0.608. The lowest BCUT2D eigenvalue weighted by atomic mass is 10.2. The SMILES string of the molecule is c1ncn(C[C@@H]2CCCN2)n1. The van der Waals surface area contributed by atoms with Crippen LogP contribution in [0.15, 0.2) is 12.7 Å². The van der Waals surface area contributed by atoms with Crippen molar-refractivity contribution in [1.82, 2.24) is 20.1 Å². The Morgan fingerprint density at radius 2 is 2.64 bits per heavy atom. The molecule has 4 nitrogen and oxygen atoms in total. The van der Waals surface area contributed by atoms with E-state index in [0.717, 1.165) is 13.1 Å². The second-order valence-electron chi connectivity index (χ2n) is 2.91. The van der Waals surface area contributed by atoms with Gasteiger partial charge in [-0.25, -0.2) is 4.98 Å². The molecule has 1 aliphatic heterocycles. The molecule has 1 atom stereocenters. The van der Waals surface area contributed by atoms with E-state index >= 15 is 0 Å². The fraction of sp³-hybridized carbons (Fsp3) is 0.714. The Kier molecular flexibility index (Phi) is 1.85. The summed E-state index contributed by atoms with van der Waals surface area (Å²) in [5.41, 5.74) is 0. The van der Waals surface area contributed by atoms with E-state index in [-0.39, 0.29) is 0 Å². The molecular formula is C7H12N4. The second-order valence-corrected chi connectivity index (χ2v) is 2.91. The van der Waals surface area contributed by atoms with Crippen LogP contribution in [-0.4, -0.2) is 27.4 Å². The van der Waals surface area contributed by atoms with Crippen LogP contribution >= 0.6 is 0 Å². The Labute approximate surface area is 65.6 Å². The average Bonchev–Trinajstić information content (AvgIpc) is 2.60. The van der Waals surface area contributed by atoms with Crippen LogP contribution in [0.3, 0.4) is 0 Å². The van der Waals surface area contributed by atoms with Crippen molar-refractivity contribution in [2.75, 3.05) is 6.54 Å². The van der Waals surface area contributed by atoms with Crippen molar-refractivity contribution in [3.63, 3.8) is 0 Å². The third-order valence-electron chi connectivity index (χ3n) is 2.04. The van der Waals surface area contributed by atoms with Crippen molar-refractivity contribution in [2.24, 2.45) is 0 Å². The number of hydrogen-bond donors (Lipinski definition) is 1. The molecule has 0 saturated carbocycles. The van der Waals surface area contributed by atoms with Crippen molar-refractivity contribution >= 4 is 0 Å². The molecular weight excluding hydrogens is 140 g/mol. The van der Waals surface area contributed by atoms with Crippen LogP contribution in [0, 0.1) is 0 Å². The molecule has 1 aromatic rings. The van der Waals surface area contributed by atoms with Crippen LogP contribution in [0.1, 0.15) is 12.8 Å². The zero-order valence-corrected chi connectivity index (χ0v) is 6.40. The molecule has 1 N–H and O–H groups in total. The summed E-state index contributed by atoms with van der Waals surface area (Å²) < 4.78 is 1.88. The van der Waals surface area contributed by atoms with Gasteiger partial charge in [-0.15, -0.1) is 0 Å². The van der Waals surface area contributed by atoms with Gasteiger partial charge in [-0.2, -0.15) is 5.10 Å². The minimum Gasteiger partial charge on any atom is -0.312 e. The maximum atomic E-state index is 4.05. The molecule has 11 heavy (non-hydrogen) atoms. The Hall–Kier alpha value is -0.900. The first-order chi connectivity index (χ1) is 5.45. The highest BCUT2D eigenvalue weighted by Gasteiger charge is 2.13. The van der Waals surface area contributed by atoms with Gasteiger partial charge in [-0.1, -0.05) is 0 Å². The summed E-state index contributed by atoms with van der Waals surface area (Å²) in [5.74, 6) is 0. The predicted molar refractivity (Wildman–Crippen MR) is 41.0 cm³/mol. The van der Waals surface area contributed by atoms with Crippen molar-refractivity contribution < 1.29 is 0 Å². The summed E-state index contributed by atoms with van der Waals surface area (Å²) in [6.45, 7) is 2.11. The van der Waals surface area contributed by atoms with Crippen molar-refractivity contribution in [2.45, 2.75) is 25.4 Å².